The van der Waals surface area contributed by atoms with Crippen molar-refractivity contribution in [3.05, 3.63) is 95.4 Å². The van der Waals surface area contributed by atoms with Crippen molar-refractivity contribution in [2.45, 2.75) is 129 Å². The Morgan fingerprint density at radius 1 is 0.855 bits per heavy atom. The summed E-state index contributed by atoms with van der Waals surface area (Å²) in [5, 5.41) is 34.9. The number of piperidine rings is 1. The number of unbranched alkanes of at least 4 members (excludes halogenated alkanes) is 5. The maximum Gasteiger partial charge on any atom is 0.246 e. The van der Waals surface area contributed by atoms with Gasteiger partial charge in [0, 0.05) is 88.1 Å². The Morgan fingerprint density at radius 2 is 1.54 bits per heavy atom. The number of nitrogens with one attached hydrogen (secondary N) is 2. The van der Waals surface area contributed by atoms with Crippen LogP contribution in [-0.2, 0) is 25.7 Å². The van der Waals surface area contributed by atoms with Crippen molar-refractivity contribution in [1.29, 1.82) is 0 Å². The average molecular weight is 1060 g/mol. The highest BCUT2D eigenvalue weighted by molar-refractivity contribution is 7.13. The van der Waals surface area contributed by atoms with Gasteiger partial charge in [-0.25, -0.2) is 9.37 Å². The SMILES string of the molecule is Cc1ncsc1-c1ccc(CNC(=O)[C@@H]2C[C@@H](O)CN2C(=O)[C@@H](NC(=O)CCCCCCCCC(=O)N2CCN(c3ccc(N4CCCC(Oc5cc(-c6cc(F)ccc6O)nnc5N)C4)cc3)CC2)C(C)(C)C)cc1. The molecule has 5 heterocycles. The lowest BCUT2D eigenvalue weighted by molar-refractivity contribution is -0.144. The molecule has 3 aromatic carbocycles. The van der Waals surface area contributed by atoms with Crippen LogP contribution in [0.4, 0.5) is 21.6 Å². The number of aliphatic hydroxyl groups excluding tert-OH is 1. The number of nitrogens with zero attached hydrogens (tertiary/aromatic N) is 7. The van der Waals surface area contributed by atoms with Crippen LogP contribution in [0.2, 0.25) is 0 Å². The van der Waals surface area contributed by atoms with Crippen LogP contribution >= 0.6 is 11.3 Å². The fourth-order valence-electron chi connectivity index (χ4n) is 10.3. The number of aryl methyl sites for hydroxylation is 1. The summed E-state index contributed by atoms with van der Waals surface area (Å²) in [4.78, 5) is 67.4. The predicted molar refractivity (Wildman–Crippen MR) is 293 cm³/mol. The summed E-state index contributed by atoms with van der Waals surface area (Å²) in [6, 6.07) is 19.9. The van der Waals surface area contributed by atoms with Gasteiger partial charge < -0.3 is 50.9 Å². The fraction of sp³-hybridized carbons (Fsp3) is 0.491. The van der Waals surface area contributed by atoms with E-state index in [1.807, 2.05) is 62.4 Å². The highest BCUT2D eigenvalue weighted by atomic mass is 32.1. The standard InChI is InChI=1S/C57H73FN10O7S/c1-37-52(76-36-61-37)39-17-15-38(16-18-39)33-60-55(73)47-31-43(69)34-68(47)56(74)53(57(2,3)4)62-50(71)13-9-7-5-6-8-10-14-51(72)66-28-26-65(27-29-66)41-20-22-42(23-21-41)67-25-11-12-44(35-67)75-49-32-46(63-64-54(49)59)45-30-40(58)19-24-48(45)70/h15-24,30,32,36,43-44,47,53,69-70H,5-14,25-29,31,33-35H2,1-4H3,(H2,59,64)(H,60,73)(H,62,71)/t43-,44?,47+,53-/m1/s1. The van der Waals surface area contributed by atoms with E-state index in [1.165, 1.54) is 23.1 Å². The number of β-amino-alcohol motifs (C(OH)–C–C–N with tert-alkyl or cyclic N) is 1. The summed E-state index contributed by atoms with van der Waals surface area (Å²) < 4.78 is 20.3. The summed E-state index contributed by atoms with van der Waals surface area (Å²) in [6.07, 6.45) is 6.81. The van der Waals surface area contributed by atoms with Gasteiger partial charge in [0.15, 0.2) is 11.6 Å². The number of hydrogen-bond donors (Lipinski definition) is 5. The van der Waals surface area contributed by atoms with E-state index in [-0.39, 0.29) is 78.5 Å². The molecule has 1 unspecified atom stereocenters. The highest BCUT2D eigenvalue weighted by Gasteiger charge is 2.44. The molecule has 17 nitrogen and oxygen atoms in total. The number of phenols is 1. The summed E-state index contributed by atoms with van der Waals surface area (Å²) in [5.74, 6) is -0.922. The number of benzene rings is 3. The summed E-state index contributed by atoms with van der Waals surface area (Å²) in [7, 11) is 0. The Bertz CT molecular complexity index is 2780. The molecular formula is C57H73FN10O7S. The monoisotopic (exact) mass is 1060 g/mol. The number of aromatic nitrogens is 3. The second-order valence-electron chi connectivity index (χ2n) is 21.4. The number of anilines is 3. The normalized spacial score (nSPS) is 18.4. The molecule has 19 heteroatoms. The zero-order chi connectivity index (χ0) is 53.9. The molecule has 3 saturated heterocycles. The van der Waals surface area contributed by atoms with Gasteiger partial charge in [0.05, 0.1) is 28.7 Å². The van der Waals surface area contributed by atoms with Crippen LogP contribution in [-0.4, -0.2) is 129 Å². The van der Waals surface area contributed by atoms with E-state index < -0.39 is 29.4 Å². The van der Waals surface area contributed by atoms with Gasteiger partial charge in [-0.3, -0.25) is 19.2 Å². The van der Waals surface area contributed by atoms with Gasteiger partial charge in [0.25, 0.3) is 0 Å². The predicted octanol–water partition coefficient (Wildman–Crippen LogP) is 7.63. The number of piperazine rings is 1. The van der Waals surface area contributed by atoms with E-state index in [2.05, 4.69) is 59.9 Å². The Balaban J connectivity index is 0.697. The van der Waals surface area contributed by atoms with Crippen molar-refractivity contribution >= 4 is 52.2 Å². The number of rotatable bonds is 20. The number of likely N-dealkylation sites (tertiary alicyclic amines) is 1. The molecule has 4 amide bonds. The van der Waals surface area contributed by atoms with Crippen molar-refractivity contribution in [2.24, 2.45) is 5.41 Å². The number of carbonyl (C=O) groups is 4. The number of amides is 4. The lowest BCUT2D eigenvalue weighted by Crippen LogP contribution is -2.57. The first-order chi connectivity index (χ1) is 36.5. The average Bonchev–Trinajstić information content (AvgIpc) is 4.05. The Labute approximate surface area is 449 Å². The lowest BCUT2D eigenvalue weighted by Gasteiger charge is -2.37. The van der Waals surface area contributed by atoms with Crippen LogP contribution in [0.5, 0.6) is 11.5 Å². The summed E-state index contributed by atoms with van der Waals surface area (Å²) >= 11 is 1.58. The molecule has 0 aliphatic carbocycles. The fourth-order valence-corrected chi connectivity index (χ4v) is 11.1. The molecule has 0 radical (unpaired) electrons. The zero-order valence-corrected chi connectivity index (χ0v) is 45.0. The molecule has 5 aromatic rings. The van der Waals surface area contributed by atoms with Gasteiger partial charge in [0.1, 0.15) is 35.4 Å². The Kier molecular flexibility index (Phi) is 18.4. The molecule has 2 aromatic heterocycles. The first kappa shape index (κ1) is 55.4. The van der Waals surface area contributed by atoms with E-state index in [9.17, 15) is 33.8 Å². The van der Waals surface area contributed by atoms with Crippen LogP contribution in [0.15, 0.2) is 78.3 Å². The van der Waals surface area contributed by atoms with Crippen molar-refractivity contribution in [3.8, 4) is 33.2 Å². The third kappa shape index (κ3) is 14.3. The van der Waals surface area contributed by atoms with E-state index >= 15 is 0 Å². The molecule has 6 N–H and O–H groups in total. The number of thiazole rings is 1. The number of halogens is 1. The number of nitrogen functional groups attached to an aromatic ring is 1. The molecule has 3 fully saturated rings. The van der Waals surface area contributed by atoms with E-state index in [0.29, 0.717) is 38.2 Å². The highest BCUT2D eigenvalue weighted by Crippen LogP contribution is 2.34. The van der Waals surface area contributed by atoms with E-state index in [1.54, 1.807) is 17.4 Å². The maximum atomic E-state index is 14.1. The van der Waals surface area contributed by atoms with Gasteiger partial charge in [-0.15, -0.1) is 21.5 Å². The Morgan fingerprint density at radius 3 is 2.22 bits per heavy atom. The number of carbonyl (C=O) groups excluding carboxylic acids is 4. The minimum absolute atomic E-state index is 0.0189. The smallest absolute Gasteiger partial charge is 0.246 e. The number of nitrogens with two attached hydrogens (primary N) is 1. The largest absolute Gasteiger partial charge is 0.507 e. The van der Waals surface area contributed by atoms with Crippen LogP contribution in [0.3, 0.4) is 0 Å². The third-order valence-corrected chi connectivity index (χ3v) is 15.6. The van der Waals surface area contributed by atoms with Gasteiger partial charge in [-0.1, -0.05) is 70.7 Å². The number of aromatic hydroxyl groups is 1. The molecule has 0 bridgehead atoms. The van der Waals surface area contributed by atoms with Gasteiger partial charge >= 0.3 is 0 Å². The first-order valence-electron chi connectivity index (χ1n) is 26.7. The zero-order valence-electron chi connectivity index (χ0n) is 44.2. The molecule has 3 aliphatic rings. The molecule has 4 atom stereocenters. The molecule has 0 spiro atoms. The van der Waals surface area contributed by atoms with Crippen LogP contribution in [0, 0.1) is 18.2 Å². The van der Waals surface area contributed by atoms with Crippen LogP contribution in [0.1, 0.15) is 103 Å². The van der Waals surface area contributed by atoms with Gasteiger partial charge in [-0.2, -0.15) is 0 Å². The Hall–Kier alpha value is -6.86. The summed E-state index contributed by atoms with van der Waals surface area (Å²) in [5.41, 5.74) is 12.9. The minimum atomic E-state index is -0.872. The van der Waals surface area contributed by atoms with E-state index in [0.717, 1.165) is 97.7 Å². The van der Waals surface area contributed by atoms with Crippen molar-refractivity contribution in [2.75, 3.05) is 61.3 Å². The lowest BCUT2D eigenvalue weighted by atomic mass is 9.85. The van der Waals surface area contributed by atoms with Crippen molar-refractivity contribution < 1.29 is 38.5 Å². The number of phenolic OH excluding ortho intramolecular Hbond substituents is 1. The van der Waals surface area contributed by atoms with E-state index in [4.69, 9.17) is 10.5 Å². The van der Waals surface area contributed by atoms with Gasteiger partial charge in [0.2, 0.25) is 23.6 Å². The van der Waals surface area contributed by atoms with Crippen molar-refractivity contribution in [3.63, 3.8) is 0 Å². The second kappa shape index (κ2) is 25.3. The molecule has 3 aliphatic heterocycles. The number of ether oxygens (including phenoxy) is 1. The van der Waals surface area contributed by atoms with Gasteiger partial charge in [-0.05, 0) is 91.6 Å². The second-order valence-corrected chi connectivity index (χ2v) is 22.3. The molecule has 406 valence electrons. The number of aliphatic hydroxyl groups is 1. The van der Waals surface area contributed by atoms with Crippen LogP contribution < -0.4 is 30.9 Å². The molecule has 76 heavy (non-hydrogen) atoms. The van der Waals surface area contributed by atoms with Crippen LogP contribution in [0.25, 0.3) is 21.7 Å². The quantitative estimate of drug-likeness (QED) is 0.0474. The molecule has 0 saturated carbocycles. The molecule has 8 rings (SSSR count). The third-order valence-electron chi connectivity index (χ3n) is 14.7. The first-order valence-corrected chi connectivity index (χ1v) is 27.6. The van der Waals surface area contributed by atoms with Crippen molar-refractivity contribution in [1.82, 2.24) is 35.6 Å². The number of hydrogen-bond acceptors (Lipinski definition) is 14. The molecular weight excluding hydrogens is 988 g/mol. The minimum Gasteiger partial charge on any atom is -0.507 e. The summed E-state index contributed by atoms with van der Waals surface area (Å²) in [6.45, 7) is 12.3. The topological polar surface area (TPSA) is 220 Å². The maximum absolute atomic E-state index is 14.1.